The van der Waals surface area contributed by atoms with Crippen molar-refractivity contribution in [3.8, 4) is 23.1 Å². The van der Waals surface area contributed by atoms with E-state index in [2.05, 4.69) is 20.2 Å². The fourth-order valence-corrected chi connectivity index (χ4v) is 4.56. The van der Waals surface area contributed by atoms with Crippen LogP contribution in [0.15, 0.2) is 68.6 Å². The molecule has 0 aliphatic carbocycles. The Kier molecular flexibility index (Phi) is 6.10. The minimum atomic E-state index is -0.787. The minimum Gasteiger partial charge on any atom is -0.493 e. The molecular weight excluding hydrogens is 472 g/mol. The maximum Gasteiger partial charge on any atom is 0.442 e. The summed E-state index contributed by atoms with van der Waals surface area (Å²) in [6.45, 7) is -0.346. The molecule has 11 nitrogen and oxygen atoms in total. The van der Waals surface area contributed by atoms with Gasteiger partial charge in [0, 0.05) is 18.8 Å². The van der Waals surface area contributed by atoms with Crippen LogP contribution in [0.4, 0.5) is 0 Å². The fourth-order valence-electron chi connectivity index (χ4n) is 3.84. The van der Waals surface area contributed by atoms with Gasteiger partial charge in [-0.25, -0.2) is 24.3 Å². The monoisotopic (exact) mass is 492 g/mol. The molecule has 0 saturated carbocycles. The van der Waals surface area contributed by atoms with Crippen molar-refractivity contribution in [2.75, 3.05) is 14.2 Å². The molecule has 0 fully saturated rings. The lowest BCUT2D eigenvalue weighted by Crippen LogP contribution is -2.33. The molecule has 0 N–H and O–H groups in total. The molecule has 1 aliphatic rings. The van der Waals surface area contributed by atoms with Gasteiger partial charge in [0.1, 0.15) is 6.54 Å². The Hall–Kier alpha value is -4.32. The predicted octanol–water partition coefficient (Wildman–Crippen LogP) is 2.75. The number of carbonyl (C=O) groups is 1. The molecule has 0 radical (unpaired) electrons. The van der Waals surface area contributed by atoms with Crippen molar-refractivity contribution < 1.29 is 18.8 Å². The quantitative estimate of drug-likeness (QED) is 0.386. The Morgan fingerprint density at radius 2 is 1.94 bits per heavy atom. The zero-order valence-electron chi connectivity index (χ0n) is 18.8. The summed E-state index contributed by atoms with van der Waals surface area (Å²) >= 11 is 1.54. The summed E-state index contributed by atoms with van der Waals surface area (Å²) in [5.74, 6) is 0.153. The highest BCUT2D eigenvalue weighted by molar-refractivity contribution is 7.12. The van der Waals surface area contributed by atoms with E-state index >= 15 is 0 Å². The summed E-state index contributed by atoms with van der Waals surface area (Å²) in [6.07, 6.45) is 3.52. The number of hydrogen-bond acceptors (Lipinski definition) is 10. The van der Waals surface area contributed by atoms with Crippen molar-refractivity contribution in [3.63, 3.8) is 0 Å². The normalized spacial score (nSPS) is 15.2. The number of nitrogens with zero attached hydrogens (tertiary/aromatic N) is 6. The minimum absolute atomic E-state index is 0.0632. The highest BCUT2D eigenvalue weighted by atomic mass is 32.1. The van der Waals surface area contributed by atoms with E-state index in [1.54, 1.807) is 37.7 Å². The summed E-state index contributed by atoms with van der Waals surface area (Å²) in [5, 5.41) is 11.7. The maximum atomic E-state index is 13.5. The fraction of sp³-hybridized carbons (Fsp3) is 0.217. The molecule has 4 heterocycles. The van der Waals surface area contributed by atoms with Gasteiger partial charge in [-0.2, -0.15) is 5.10 Å². The second kappa shape index (κ2) is 9.50. The molecule has 1 aliphatic heterocycles. The van der Waals surface area contributed by atoms with Crippen LogP contribution in [-0.2, 0) is 11.3 Å². The second-order valence-corrected chi connectivity index (χ2v) is 8.47. The lowest BCUT2D eigenvalue weighted by molar-refractivity contribution is -0.133. The molecule has 178 valence electrons. The zero-order chi connectivity index (χ0) is 24.4. The molecule has 35 heavy (non-hydrogen) atoms. The molecule has 12 heteroatoms. The summed E-state index contributed by atoms with van der Waals surface area (Å²) < 4.78 is 16.7. The summed E-state index contributed by atoms with van der Waals surface area (Å²) in [4.78, 5) is 35.1. The molecule has 0 saturated heterocycles. The van der Waals surface area contributed by atoms with Gasteiger partial charge in [0.05, 0.1) is 30.9 Å². The molecule has 1 atom stereocenters. The molecule has 3 aromatic heterocycles. The molecular formula is C23H20N6O5S. The van der Waals surface area contributed by atoms with E-state index in [1.807, 2.05) is 29.6 Å². The van der Waals surface area contributed by atoms with Crippen molar-refractivity contribution in [3.05, 3.63) is 75.2 Å². The van der Waals surface area contributed by atoms with E-state index in [9.17, 15) is 9.59 Å². The van der Waals surface area contributed by atoms with Crippen LogP contribution in [0.2, 0.25) is 0 Å². The van der Waals surface area contributed by atoms with Crippen LogP contribution in [0, 0.1) is 0 Å². The van der Waals surface area contributed by atoms with Gasteiger partial charge >= 0.3 is 5.76 Å². The highest BCUT2D eigenvalue weighted by Crippen LogP contribution is 2.38. The summed E-state index contributed by atoms with van der Waals surface area (Å²) in [7, 11) is 3.12. The number of aromatic nitrogens is 4. The standard InChI is InChI=1S/C23H20N6O5S/c1-32-17-7-6-14(11-18(17)33-2)16-12-15(19-5-3-10-35-19)26-29(16)20(30)13-28-22(27-34-23(28)31)21-24-8-4-9-25-21/h3-11,16H,12-13H2,1-2H3. The number of hydrogen-bond donors (Lipinski definition) is 0. The van der Waals surface area contributed by atoms with Gasteiger partial charge in [0.15, 0.2) is 17.3 Å². The van der Waals surface area contributed by atoms with Crippen molar-refractivity contribution in [1.82, 2.24) is 24.7 Å². The third-order valence-electron chi connectivity index (χ3n) is 5.51. The van der Waals surface area contributed by atoms with E-state index in [-0.39, 0.29) is 18.2 Å². The topological polar surface area (TPSA) is 125 Å². The lowest BCUT2D eigenvalue weighted by Gasteiger charge is -2.23. The second-order valence-electron chi connectivity index (χ2n) is 7.53. The third-order valence-corrected chi connectivity index (χ3v) is 6.43. The van der Waals surface area contributed by atoms with Crippen LogP contribution in [0.25, 0.3) is 11.6 Å². The van der Waals surface area contributed by atoms with Crippen LogP contribution in [0.5, 0.6) is 11.5 Å². The largest absolute Gasteiger partial charge is 0.493 e. The average molecular weight is 493 g/mol. The first-order chi connectivity index (χ1) is 17.1. The number of hydrazone groups is 1. The maximum absolute atomic E-state index is 13.5. The van der Waals surface area contributed by atoms with Crippen molar-refractivity contribution in [2.24, 2.45) is 5.10 Å². The molecule has 1 aromatic carbocycles. The highest BCUT2D eigenvalue weighted by Gasteiger charge is 2.35. The van der Waals surface area contributed by atoms with Gasteiger partial charge in [-0.05, 0) is 35.2 Å². The third kappa shape index (κ3) is 4.30. The van der Waals surface area contributed by atoms with Gasteiger partial charge in [-0.15, -0.1) is 11.3 Å². The zero-order valence-corrected chi connectivity index (χ0v) is 19.6. The Morgan fingerprint density at radius 3 is 2.66 bits per heavy atom. The van der Waals surface area contributed by atoms with Gasteiger partial charge < -0.3 is 9.47 Å². The number of benzene rings is 1. The average Bonchev–Trinajstić information content (AvgIpc) is 3.65. The van der Waals surface area contributed by atoms with E-state index < -0.39 is 17.7 Å². The number of carbonyl (C=O) groups excluding carboxylic acids is 1. The molecule has 5 rings (SSSR count). The van der Waals surface area contributed by atoms with Crippen LogP contribution < -0.4 is 15.2 Å². The number of thiophene rings is 1. The van der Waals surface area contributed by atoms with Gasteiger partial charge in [-0.1, -0.05) is 17.3 Å². The number of amides is 1. The van der Waals surface area contributed by atoms with Crippen molar-refractivity contribution >= 4 is 23.0 Å². The van der Waals surface area contributed by atoms with Crippen LogP contribution >= 0.6 is 11.3 Å². The molecule has 1 amide bonds. The van der Waals surface area contributed by atoms with Crippen LogP contribution in [0.3, 0.4) is 0 Å². The van der Waals surface area contributed by atoms with E-state index in [1.165, 1.54) is 17.4 Å². The van der Waals surface area contributed by atoms with Gasteiger partial charge in [0.25, 0.3) is 5.91 Å². The smallest absolute Gasteiger partial charge is 0.442 e. The first kappa shape index (κ1) is 22.5. The first-order valence-corrected chi connectivity index (χ1v) is 11.5. The molecule has 4 aromatic rings. The van der Waals surface area contributed by atoms with Crippen molar-refractivity contribution in [1.29, 1.82) is 0 Å². The van der Waals surface area contributed by atoms with Crippen LogP contribution in [-0.4, -0.2) is 50.5 Å². The molecule has 0 spiro atoms. The van der Waals surface area contributed by atoms with E-state index in [0.717, 1.165) is 20.7 Å². The molecule has 1 unspecified atom stereocenters. The predicted molar refractivity (Wildman–Crippen MR) is 126 cm³/mol. The first-order valence-electron chi connectivity index (χ1n) is 10.6. The lowest BCUT2D eigenvalue weighted by atomic mass is 10.0. The number of ether oxygens (including phenoxy) is 2. The van der Waals surface area contributed by atoms with E-state index in [0.29, 0.717) is 17.9 Å². The van der Waals surface area contributed by atoms with Crippen LogP contribution in [0.1, 0.15) is 22.9 Å². The summed E-state index contributed by atoms with van der Waals surface area (Å²) in [6, 6.07) is 10.6. The Morgan fingerprint density at radius 1 is 1.14 bits per heavy atom. The van der Waals surface area contributed by atoms with Gasteiger partial charge in [0.2, 0.25) is 5.82 Å². The number of methoxy groups -OCH3 is 2. The van der Waals surface area contributed by atoms with E-state index in [4.69, 9.17) is 14.0 Å². The Labute approximate surface area is 203 Å². The van der Waals surface area contributed by atoms with Gasteiger partial charge in [-0.3, -0.25) is 9.32 Å². The molecule has 0 bridgehead atoms. The summed E-state index contributed by atoms with van der Waals surface area (Å²) in [5.41, 5.74) is 1.59. The Balaban J connectivity index is 1.50. The SMILES string of the molecule is COc1ccc(C2CC(c3cccs3)=NN2C(=O)Cn2c(-c3ncccn3)noc2=O)cc1OC. The Bertz CT molecular complexity index is 1430. The van der Waals surface area contributed by atoms with Crippen molar-refractivity contribution in [2.45, 2.75) is 19.0 Å². The number of rotatable bonds is 7.